The number of benzene rings is 3. The Morgan fingerprint density at radius 1 is 0.922 bits per heavy atom. The SMILES string of the molecule is COc1ccc(CN(c2ccc(F)cn2)S(=O)(=O)c2cc(Cl)c(Nc3ccc(Cl)cc3N(C)CCN(C)C(=O)OC(C)(C)C)cc2F)c(OC)c1. The van der Waals surface area contributed by atoms with E-state index in [9.17, 15) is 17.6 Å². The monoisotopic (exact) mass is 765 g/mol. The molecular formula is C35H39Cl2F2N5O6S. The molecule has 0 bridgehead atoms. The van der Waals surface area contributed by atoms with Gasteiger partial charge < -0.3 is 29.3 Å². The van der Waals surface area contributed by atoms with Gasteiger partial charge in [-0.2, -0.15) is 0 Å². The van der Waals surface area contributed by atoms with Crippen LogP contribution in [0.5, 0.6) is 11.5 Å². The molecule has 0 aliphatic heterocycles. The number of hydrogen-bond acceptors (Lipinski definition) is 9. The summed E-state index contributed by atoms with van der Waals surface area (Å²) < 4.78 is 75.1. The minimum atomic E-state index is -4.70. The second-order valence-corrected chi connectivity index (χ2v) is 15.1. The molecule has 11 nitrogen and oxygen atoms in total. The van der Waals surface area contributed by atoms with Gasteiger partial charge in [-0.3, -0.25) is 0 Å². The third-order valence-electron chi connectivity index (χ3n) is 7.48. The number of aromatic nitrogens is 1. The average molecular weight is 767 g/mol. The number of methoxy groups -OCH3 is 2. The second-order valence-electron chi connectivity index (χ2n) is 12.4. The molecule has 0 unspecified atom stereocenters. The minimum absolute atomic E-state index is 0.0687. The average Bonchev–Trinajstić information content (AvgIpc) is 3.07. The van der Waals surface area contributed by atoms with Gasteiger partial charge in [0.1, 0.15) is 39.4 Å². The summed E-state index contributed by atoms with van der Waals surface area (Å²) in [6.07, 6.45) is 0.380. The van der Waals surface area contributed by atoms with Gasteiger partial charge in [-0.1, -0.05) is 23.2 Å². The number of pyridine rings is 1. The summed E-state index contributed by atoms with van der Waals surface area (Å²) in [5.74, 6) is -1.20. The summed E-state index contributed by atoms with van der Waals surface area (Å²) in [5, 5.41) is 3.38. The van der Waals surface area contributed by atoms with Crippen LogP contribution in [0.2, 0.25) is 10.0 Å². The molecule has 0 saturated heterocycles. The van der Waals surface area contributed by atoms with Crippen LogP contribution in [0.3, 0.4) is 0 Å². The quantitative estimate of drug-likeness (QED) is 0.144. The Balaban J connectivity index is 1.65. The van der Waals surface area contributed by atoms with Crippen LogP contribution in [0.15, 0.2) is 71.8 Å². The van der Waals surface area contributed by atoms with E-state index >= 15 is 4.39 Å². The van der Waals surface area contributed by atoms with Crippen LogP contribution in [0, 0.1) is 11.6 Å². The number of carbonyl (C=O) groups excluding carboxylic acids is 1. The number of nitrogens with one attached hydrogen (secondary N) is 1. The zero-order valence-corrected chi connectivity index (χ0v) is 31.5. The molecule has 1 N–H and O–H groups in total. The number of halogens is 4. The Hall–Kier alpha value is -4.53. The maximum Gasteiger partial charge on any atom is 0.410 e. The Kier molecular flexibility index (Phi) is 12.5. The maximum atomic E-state index is 16.0. The highest BCUT2D eigenvalue weighted by molar-refractivity contribution is 7.92. The number of likely N-dealkylation sites (N-methyl/N-ethyl adjacent to an activating group) is 2. The molecular weight excluding hydrogens is 727 g/mol. The van der Waals surface area contributed by atoms with E-state index in [1.807, 2.05) is 4.90 Å². The van der Waals surface area contributed by atoms with Crippen LogP contribution in [0.25, 0.3) is 0 Å². The van der Waals surface area contributed by atoms with E-state index in [0.717, 1.165) is 28.7 Å². The fourth-order valence-corrected chi connectivity index (χ4v) is 6.72. The molecule has 4 aromatic rings. The molecule has 1 aromatic heterocycles. The molecule has 4 rings (SSSR count). The molecule has 0 fully saturated rings. The number of amides is 1. The van der Waals surface area contributed by atoms with Crippen LogP contribution in [0.4, 0.5) is 36.5 Å². The third-order valence-corrected chi connectivity index (χ3v) is 9.79. The summed E-state index contributed by atoms with van der Waals surface area (Å²) in [6.45, 7) is 5.67. The van der Waals surface area contributed by atoms with E-state index in [0.29, 0.717) is 46.5 Å². The molecule has 1 heterocycles. The van der Waals surface area contributed by atoms with Crippen molar-refractivity contribution in [2.24, 2.45) is 0 Å². The van der Waals surface area contributed by atoms with Gasteiger partial charge in [0.05, 0.1) is 49.0 Å². The normalized spacial score (nSPS) is 11.5. The molecule has 0 radical (unpaired) electrons. The summed E-state index contributed by atoms with van der Waals surface area (Å²) in [5.41, 5.74) is 0.886. The zero-order chi connectivity index (χ0) is 37.7. The predicted octanol–water partition coefficient (Wildman–Crippen LogP) is 8.13. The Morgan fingerprint density at radius 2 is 1.65 bits per heavy atom. The number of carbonyl (C=O) groups is 1. The van der Waals surface area contributed by atoms with E-state index < -0.39 is 38.2 Å². The van der Waals surface area contributed by atoms with E-state index in [1.165, 1.54) is 25.2 Å². The minimum Gasteiger partial charge on any atom is -0.497 e. The van der Waals surface area contributed by atoms with Crippen molar-refractivity contribution >= 4 is 62.2 Å². The zero-order valence-electron chi connectivity index (χ0n) is 29.1. The van der Waals surface area contributed by atoms with Gasteiger partial charge in [0.2, 0.25) is 0 Å². The first kappa shape index (κ1) is 39.3. The maximum absolute atomic E-state index is 16.0. The first-order chi connectivity index (χ1) is 23.9. The molecule has 16 heteroatoms. The summed E-state index contributed by atoms with van der Waals surface area (Å²) in [4.78, 5) is 18.9. The van der Waals surface area contributed by atoms with Crippen LogP contribution >= 0.6 is 23.2 Å². The number of ether oxygens (including phenoxy) is 3. The van der Waals surface area contributed by atoms with Gasteiger partial charge in [0, 0.05) is 49.9 Å². The Bertz CT molecular complexity index is 1980. The summed E-state index contributed by atoms with van der Waals surface area (Å²) in [7, 11) is 1.58. The largest absolute Gasteiger partial charge is 0.497 e. The number of rotatable bonds is 13. The highest BCUT2D eigenvalue weighted by Crippen LogP contribution is 2.37. The first-order valence-corrected chi connectivity index (χ1v) is 17.7. The van der Waals surface area contributed by atoms with Crippen molar-refractivity contribution in [3.8, 4) is 11.5 Å². The fraction of sp³-hybridized carbons (Fsp3) is 0.314. The number of sulfonamides is 1. The Labute approximate surface area is 306 Å². The molecule has 51 heavy (non-hydrogen) atoms. The van der Waals surface area contributed by atoms with Crippen LogP contribution < -0.4 is 24.0 Å². The fourth-order valence-electron chi connectivity index (χ4n) is 4.81. The van der Waals surface area contributed by atoms with Crippen LogP contribution in [0.1, 0.15) is 26.3 Å². The van der Waals surface area contributed by atoms with Gasteiger partial charge in [0.15, 0.2) is 0 Å². The van der Waals surface area contributed by atoms with Crippen molar-refractivity contribution in [2.45, 2.75) is 37.8 Å². The van der Waals surface area contributed by atoms with Gasteiger partial charge in [-0.25, -0.2) is 31.3 Å². The van der Waals surface area contributed by atoms with Crippen molar-refractivity contribution in [3.05, 3.63) is 94.1 Å². The number of hydrogen-bond donors (Lipinski definition) is 1. The lowest BCUT2D eigenvalue weighted by molar-refractivity contribution is 0.0303. The lowest BCUT2D eigenvalue weighted by atomic mass is 10.2. The first-order valence-electron chi connectivity index (χ1n) is 15.5. The second kappa shape index (κ2) is 16.2. The van der Waals surface area contributed by atoms with Crippen molar-refractivity contribution in [3.63, 3.8) is 0 Å². The molecule has 0 atom stereocenters. The van der Waals surface area contributed by atoms with Crippen LogP contribution in [-0.4, -0.2) is 71.4 Å². The molecule has 0 aliphatic carbocycles. The summed E-state index contributed by atoms with van der Waals surface area (Å²) >= 11 is 12.9. The molecule has 0 spiro atoms. The van der Waals surface area contributed by atoms with Crippen LogP contribution in [-0.2, 0) is 21.3 Å². The van der Waals surface area contributed by atoms with E-state index in [4.69, 9.17) is 37.4 Å². The Morgan fingerprint density at radius 3 is 2.27 bits per heavy atom. The van der Waals surface area contributed by atoms with Gasteiger partial charge in [0.25, 0.3) is 10.0 Å². The molecule has 1 amide bonds. The van der Waals surface area contributed by atoms with Crippen molar-refractivity contribution in [1.29, 1.82) is 0 Å². The highest BCUT2D eigenvalue weighted by atomic mass is 35.5. The number of anilines is 4. The lowest BCUT2D eigenvalue weighted by Crippen LogP contribution is -2.38. The van der Waals surface area contributed by atoms with Gasteiger partial charge in [-0.15, -0.1) is 0 Å². The number of nitrogens with zero attached hydrogens (tertiary/aromatic N) is 4. The molecule has 0 saturated carbocycles. The smallest absolute Gasteiger partial charge is 0.410 e. The summed E-state index contributed by atoms with van der Waals surface area (Å²) in [6, 6.07) is 13.9. The van der Waals surface area contributed by atoms with Gasteiger partial charge in [-0.05, 0) is 69.3 Å². The van der Waals surface area contributed by atoms with E-state index in [2.05, 4.69) is 10.3 Å². The lowest BCUT2D eigenvalue weighted by Gasteiger charge is -2.28. The molecule has 274 valence electrons. The standard InChI is InChI=1S/C35H39Cl2F2N5O6S/c1-35(2,3)50-34(45)43(5)15-14-42(4)30-16-23(36)9-12-28(30)41-29-19-27(39)32(18-26(29)37)51(46,47)44(33-13-10-24(38)20-40-33)21-22-8-11-25(48-6)17-31(22)49-7/h8-13,16-20,41H,14-15,21H2,1-7H3. The van der Waals surface area contributed by atoms with Crippen molar-refractivity contribution in [1.82, 2.24) is 9.88 Å². The molecule has 3 aromatic carbocycles. The topological polar surface area (TPSA) is 114 Å². The third kappa shape index (κ3) is 9.83. The molecule has 0 aliphatic rings. The van der Waals surface area contributed by atoms with Crippen molar-refractivity contribution in [2.75, 3.05) is 55.9 Å². The predicted molar refractivity (Wildman–Crippen MR) is 195 cm³/mol. The van der Waals surface area contributed by atoms with E-state index in [-0.39, 0.29) is 23.1 Å². The highest BCUT2D eigenvalue weighted by Gasteiger charge is 2.31. The van der Waals surface area contributed by atoms with Crippen molar-refractivity contribution < 1.29 is 36.2 Å². The van der Waals surface area contributed by atoms with Gasteiger partial charge >= 0.3 is 6.09 Å². The van der Waals surface area contributed by atoms with E-state index in [1.54, 1.807) is 71.3 Å².